The highest BCUT2D eigenvalue weighted by Crippen LogP contribution is 2.41. The number of carbonyl (C=O) groups excluding carboxylic acids is 1. The van der Waals surface area contributed by atoms with E-state index in [1.807, 2.05) is 29.8 Å². The van der Waals surface area contributed by atoms with Gasteiger partial charge in [-0.25, -0.2) is 4.98 Å². The van der Waals surface area contributed by atoms with Crippen LogP contribution in [0.15, 0.2) is 24.4 Å². The Bertz CT molecular complexity index is 708. The Hall–Kier alpha value is -2.17. The first-order valence-electron chi connectivity index (χ1n) is 7.69. The van der Waals surface area contributed by atoms with E-state index in [0.29, 0.717) is 17.4 Å². The SMILES string of the molecule is Cc1cccnc1NC(=O)c1cc(C2CC2)n(C(C)(C)C)n1. The predicted octanol–water partition coefficient (Wildman–Crippen LogP) is 3.47. The molecule has 1 saturated carbocycles. The van der Waals surface area contributed by atoms with Crippen LogP contribution in [0.4, 0.5) is 5.82 Å². The summed E-state index contributed by atoms with van der Waals surface area (Å²) in [5.74, 6) is 0.933. The van der Waals surface area contributed by atoms with Crippen LogP contribution < -0.4 is 5.32 Å². The van der Waals surface area contributed by atoms with Gasteiger partial charge in [0.15, 0.2) is 5.69 Å². The summed E-state index contributed by atoms with van der Waals surface area (Å²) in [6.45, 7) is 8.25. The van der Waals surface area contributed by atoms with Gasteiger partial charge in [-0.15, -0.1) is 0 Å². The lowest BCUT2D eigenvalue weighted by atomic mass is 10.1. The van der Waals surface area contributed by atoms with Gasteiger partial charge in [0, 0.05) is 17.8 Å². The molecule has 1 aliphatic carbocycles. The Kier molecular flexibility index (Phi) is 3.51. The molecule has 0 aliphatic heterocycles. The minimum Gasteiger partial charge on any atom is -0.305 e. The van der Waals surface area contributed by atoms with E-state index < -0.39 is 0 Å². The number of aromatic nitrogens is 3. The molecule has 5 heteroatoms. The molecule has 3 rings (SSSR count). The van der Waals surface area contributed by atoms with Crippen molar-refractivity contribution in [1.82, 2.24) is 14.8 Å². The topological polar surface area (TPSA) is 59.8 Å². The summed E-state index contributed by atoms with van der Waals surface area (Å²) in [4.78, 5) is 16.7. The van der Waals surface area contributed by atoms with Crippen LogP contribution in [0.2, 0.25) is 0 Å². The number of aryl methyl sites for hydroxylation is 1. The quantitative estimate of drug-likeness (QED) is 0.944. The van der Waals surface area contributed by atoms with Crippen molar-refractivity contribution in [2.24, 2.45) is 0 Å². The molecule has 116 valence electrons. The first-order valence-corrected chi connectivity index (χ1v) is 7.69. The smallest absolute Gasteiger partial charge is 0.277 e. The van der Waals surface area contributed by atoms with E-state index in [2.05, 4.69) is 36.2 Å². The van der Waals surface area contributed by atoms with Crippen molar-refractivity contribution in [1.29, 1.82) is 0 Å². The van der Waals surface area contributed by atoms with Crippen LogP contribution >= 0.6 is 0 Å². The molecule has 0 spiro atoms. The third-order valence-corrected chi connectivity index (χ3v) is 3.84. The molecule has 0 unspecified atom stereocenters. The van der Waals surface area contributed by atoms with Crippen LogP contribution in [0.25, 0.3) is 0 Å². The zero-order valence-electron chi connectivity index (χ0n) is 13.6. The highest BCUT2D eigenvalue weighted by molar-refractivity contribution is 6.02. The van der Waals surface area contributed by atoms with Gasteiger partial charge in [0.05, 0.1) is 5.54 Å². The molecule has 5 nitrogen and oxygen atoms in total. The van der Waals surface area contributed by atoms with Gasteiger partial charge in [-0.3, -0.25) is 9.48 Å². The summed E-state index contributed by atoms with van der Waals surface area (Å²) in [7, 11) is 0. The lowest BCUT2D eigenvalue weighted by Crippen LogP contribution is -2.26. The van der Waals surface area contributed by atoms with Gasteiger partial charge in [-0.05, 0) is 58.2 Å². The number of anilines is 1. The highest BCUT2D eigenvalue weighted by Gasteiger charge is 2.32. The van der Waals surface area contributed by atoms with Gasteiger partial charge in [0.25, 0.3) is 5.91 Å². The largest absolute Gasteiger partial charge is 0.305 e. The first kappa shape index (κ1) is 14.8. The molecular formula is C17H22N4O. The van der Waals surface area contributed by atoms with Gasteiger partial charge in [-0.1, -0.05) is 6.07 Å². The number of hydrogen-bond acceptors (Lipinski definition) is 3. The maximum atomic E-state index is 12.5. The summed E-state index contributed by atoms with van der Waals surface area (Å²) in [5, 5.41) is 7.40. The van der Waals surface area contributed by atoms with Crippen molar-refractivity contribution in [3.05, 3.63) is 41.3 Å². The summed E-state index contributed by atoms with van der Waals surface area (Å²) >= 11 is 0. The fraction of sp³-hybridized carbons (Fsp3) is 0.471. The average Bonchev–Trinajstić information content (AvgIpc) is 3.18. The molecule has 0 saturated heterocycles. The Morgan fingerprint density at radius 3 is 2.68 bits per heavy atom. The summed E-state index contributed by atoms with van der Waals surface area (Å²) in [6.07, 6.45) is 4.04. The van der Waals surface area contributed by atoms with E-state index >= 15 is 0 Å². The van der Waals surface area contributed by atoms with Crippen molar-refractivity contribution in [3.8, 4) is 0 Å². The fourth-order valence-corrected chi connectivity index (χ4v) is 2.50. The average molecular weight is 298 g/mol. The number of nitrogens with zero attached hydrogens (tertiary/aromatic N) is 3. The predicted molar refractivity (Wildman–Crippen MR) is 86.1 cm³/mol. The maximum absolute atomic E-state index is 12.5. The molecule has 0 atom stereocenters. The summed E-state index contributed by atoms with van der Waals surface area (Å²) < 4.78 is 1.99. The molecule has 2 aromatic heterocycles. The minimum absolute atomic E-state index is 0.128. The molecule has 1 N–H and O–H groups in total. The number of nitrogens with one attached hydrogen (secondary N) is 1. The number of carbonyl (C=O) groups is 1. The third-order valence-electron chi connectivity index (χ3n) is 3.84. The second-order valence-corrected chi connectivity index (χ2v) is 6.93. The fourth-order valence-electron chi connectivity index (χ4n) is 2.50. The molecule has 1 fully saturated rings. The number of hydrogen-bond donors (Lipinski definition) is 1. The number of pyridine rings is 1. The van der Waals surface area contributed by atoms with Crippen LogP contribution in [0.1, 0.15) is 61.3 Å². The molecule has 22 heavy (non-hydrogen) atoms. The first-order chi connectivity index (χ1) is 10.4. The van der Waals surface area contributed by atoms with Crippen molar-refractivity contribution in [2.75, 3.05) is 5.32 Å². The summed E-state index contributed by atoms with van der Waals surface area (Å²) in [5.41, 5.74) is 2.43. The Labute approximate surface area is 130 Å². The third kappa shape index (κ3) is 2.89. The van der Waals surface area contributed by atoms with E-state index in [0.717, 1.165) is 11.3 Å². The van der Waals surface area contributed by atoms with E-state index in [9.17, 15) is 4.79 Å². The second-order valence-electron chi connectivity index (χ2n) is 6.93. The van der Waals surface area contributed by atoms with Crippen molar-refractivity contribution >= 4 is 11.7 Å². The van der Waals surface area contributed by atoms with Crippen LogP contribution in [0.5, 0.6) is 0 Å². The van der Waals surface area contributed by atoms with Crippen molar-refractivity contribution in [2.45, 2.75) is 52.0 Å². The van der Waals surface area contributed by atoms with E-state index in [4.69, 9.17) is 0 Å². The zero-order chi connectivity index (χ0) is 15.9. The molecule has 2 aromatic rings. The normalized spacial score (nSPS) is 14.9. The second kappa shape index (κ2) is 5.23. The van der Waals surface area contributed by atoms with Crippen LogP contribution in [-0.2, 0) is 5.54 Å². The number of rotatable bonds is 3. The monoisotopic (exact) mass is 298 g/mol. The Morgan fingerprint density at radius 2 is 2.09 bits per heavy atom. The number of amides is 1. The molecule has 0 aromatic carbocycles. The van der Waals surface area contributed by atoms with Gasteiger partial charge in [0.2, 0.25) is 0 Å². The molecule has 0 bridgehead atoms. The Balaban J connectivity index is 1.88. The van der Waals surface area contributed by atoms with E-state index in [1.165, 1.54) is 12.8 Å². The van der Waals surface area contributed by atoms with Crippen LogP contribution in [-0.4, -0.2) is 20.7 Å². The van der Waals surface area contributed by atoms with Gasteiger partial charge in [-0.2, -0.15) is 5.10 Å². The van der Waals surface area contributed by atoms with E-state index in [1.54, 1.807) is 6.20 Å². The molecule has 2 heterocycles. The molecule has 1 amide bonds. The summed E-state index contributed by atoms with van der Waals surface area (Å²) in [6, 6.07) is 5.70. The molecule has 1 aliphatic rings. The highest BCUT2D eigenvalue weighted by atomic mass is 16.2. The standard InChI is InChI=1S/C17H22N4O/c1-11-6-5-9-18-15(11)19-16(22)13-10-14(12-7-8-12)21(20-13)17(2,3)4/h5-6,9-10,12H,7-8H2,1-4H3,(H,18,19,22). The lowest BCUT2D eigenvalue weighted by Gasteiger charge is -2.22. The maximum Gasteiger partial charge on any atom is 0.277 e. The van der Waals surface area contributed by atoms with E-state index in [-0.39, 0.29) is 11.4 Å². The zero-order valence-corrected chi connectivity index (χ0v) is 13.6. The van der Waals surface area contributed by atoms with Crippen LogP contribution in [0, 0.1) is 6.92 Å². The minimum atomic E-state index is -0.202. The molecule has 0 radical (unpaired) electrons. The van der Waals surface area contributed by atoms with Gasteiger partial charge < -0.3 is 5.32 Å². The van der Waals surface area contributed by atoms with Gasteiger partial charge in [0.1, 0.15) is 5.82 Å². The van der Waals surface area contributed by atoms with Crippen molar-refractivity contribution < 1.29 is 4.79 Å². The van der Waals surface area contributed by atoms with Crippen molar-refractivity contribution in [3.63, 3.8) is 0 Å². The lowest BCUT2D eigenvalue weighted by molar-refractivity contribution is 0.102. The van der Waals surface area contributed by atoms with Gasteiger partial charge >= 0.3 is 0 Å². The van der Waals surface area contributed by atoms with Crippen LogP contribution in [0.3, 0.4) is 0 Å². The molecular weight excluding hydrogens is 276 g/mol. The Morgan fingerprint density at radius 1 is 1.36 bits per heavy atom.